The summed E-state index contributed by atoms with van der Waals surface area (Å²) in [6, 6.07) is 13.4. The van der Waals surface area contributed by atoms with E-state index in [9.17, 15) is 0 Å². The maximum Gasteiger partial charge on any atom is 0.140 e. The molecule has 90 valence electrons. The van der Waals surface area contributed by atoms with E-state index in [1.165, 1.54) is 0 Å². The minimum atomic E-state index is 0.418. The van der Waals surface area contributed by atoms with Gasteiger partial charge in [0.15, 0.2) is 0 Å². The Bertz CT molecular complexity index is 558. The summed E-state index contributed by atoms with van der Waals surface area (Å²) < 4.78 is 5.16. The third-order valence-corrected chi connectivity index (χ3v) is 2.51. The molecular formula is C14H13N3O. The molecule has 0 saturated heterocycles. The monoisotopic (exact) mass is 239 g/mol. The first kappa shape index (κ1) is 11.9. The average Bonchev–Trinajstić information content (AvgIpc) is 2.46. The first-order chi connectivity index (χ1) is 8.81. The number of rotatable bonds is 4. The number of anilines is 1. The van der Waals surface area contributed by atoms with Crippen LogP contribution in [0.4, 0.5) is 5.69 Å². The number of methoxy groups -OCH3 is 1. The summed E-state index contributed by atoms with van der Waals surface area (Å²) in [7, 11) is 1.65. The highest BCUT2D eigenvalue weighted by molar-refractivity contribution is 5.43. The molecule has 0 aliphatic rings. The standard InChI is InChI=1S/C14H13N3O/c1-18-14-4-2-3-11(7-14)9-16-13-6-5-12(8-15)17-10-13/h2-7,10,16H,9H2,1H3. The smallest absolute Gasteiger partial charge is 0.140 e. The van der Waals surface area contributed by atoms with Gasteiger partial charge in [-0.3, -0.25) is 0 Å². The fourth-order valence-corrected chi connectivity index (χ4v) is 1.55. The summed E-state index contributed by atoms with van der Waals surface area (Å²) in [5, 5.41) is 11.9. The Kier molecular flexibility index (Phi) is 3.77. The zero-order valence-electron chi connectivity index (χ0n) is 10.1. The fraction of sp³-hybridized carbons (Fsp3) is 0.143. The summed E-state index contributed by atoms with van der Waals surface area (Å²) in [4.78, 5) is 3.99. The highest BCUT2D eigenvalue weighted by Gasteiger charge is 1.97. The molecule has 4 heteroatoms. The lowest BCUT2D eigenvalue weighted by atomic mass is 10.2. The Balaban J connectivity index is 2.00. The fourth-order valence-electron chi connectivity index (χ4n) is 1.55. The number of benzene rings is 1. The van der Waals surface area contributed by atoms with E-state index in [1.54, 1.807) is 19.4 Å². The first-order valence-corrected chi connectivity index (χ1v) is 5.55. The minimum Gasteiger partial charge on any atom is -0.497 e. The zero-order chi connectivity index (χ0) is 12.8. The van der Waals surface area contributed by atoms with E-state index in [1.807, 2.05) is 36.4 Å². The Labute approximate surface area is 106 Å². The molecule has 0 amide bonds. The van der Waals surface area contributed by atoms with Gasteiger partial charge in [0.05, 0.1) is 19.0 Å². The van der Waals surface area contributed by atoms with Crippen molar-refractivity contribution in [2.75, 3.05) is 12.4 Å². The summed E-state index contributed by atoms with van der Waals surface area (Å²) in [5.74, 6) is 0.840. The molecule has 0 spiro atoms. The van der Waals surface area contributed by atoms with Crippen molar-refractivity contribution in [2.45, 2.75) is 6.54 Å². The Morgan fingerprint density at radius 2 is 2.22 bits per heavy atom. The van der Waals surface area contributed by atoms with Crippen LogP contribution in [0.1, 0.15) is 11.3 Å². The summed E-state index contributed by atoms with van der Waals surface area (Å²) in [6.45, 7) is 0.685. The van der Waals surface area contributed by atoms with E-state index in [0.717, 1.165) is 17.0 Å². The van der Waals surface area contributed by atoms with Crippen LogP contribution in [0.15, 0.2) is 42.6 Å². The van der Waals surface area contributed by atoms with Gasteiger partial charge in [0.2, 0.25) is 0 Å². The van der Waals surface area contributed by atoms with Gasteiger partial charge in [-0.1, -0.05) is 12.1 Å². The van der Waals surface area contributed by atoms with E-state index >= 15 is 0 Å². The van der Waals surface area contributed by atoms with Crippen molar-refractivity contribution in [1.82, 2.24) is 4.98 Å². The molecule has 0 bridgehead atoms. The van der Waals surface area contributed by atoms with Gasteiger partial charge in [-0.05, 0) is 29.8 Å². The summed E-state index contributed by atoms with van der Waals surface area (Å²) in [6.07, 6.45) is 1.65. The minimum absolute atomic E-state index is 0.418. The second-order valence-corrected chi connectivity index (χ2v) is 3.75. The highest BCUT2D eigenvalue weighted by atomic mass is 16.5. The molecule has 2 rings (SSSR count). The molecule has 0 atom stereocenters. The van der Waals surface area contributed by atoms with Crippen LogP contribution in [0.2, 0.25) is 0 Å². The number of pyridine rings is 1. The number of hydrogen-bond donors (Lipinski definition) is 1. The highest BCUT2D eigenvalue weighted by Crippen LogP contribution is 2.14. The van der Waals surface area contributed by atoms with Gasteiger partial charge < -0.3 is 10.1 Å². The van der Waals surface area contributed by atoms with Crippen LogP contribution in [0, 0.1) is 11.3 Å². The SMILES string of the molecule is COc1cccc(CNc2ccc(C#N)nc2)c1. The van der Waals surface area contributed by atoms with Crippen LogP contribution in [-0.4, -0.2) is 12.1 Å². The van der Waals surface area contributed by atoms with Gasteiger partial charge >= 0.3 is 0 Å². The average molecular weight is 239 g/mol. The van der Waals surface area contributed by atoms with Gasteiger partial charge in [-0.25, -0.2) is 4.98 Å². The molecule has 1 aromatic heterocycles. The van der Waals surface area contributed by atoms with Crippen molar-refractivity contribution >= 4 is 5.69 Å². The number of nitrogens with one attached hydrogen (secondary N) is 1. The van der Waals surface area contributed by atoms with Crippen LogP contribution in [0.25, 0.3) is 0 Å². The third-order valence-electron chi connectivity index (χ3n) is 2.51. The van der Waals surface area contributed by atoms with Crippen LogP contribution < -0.4 is 10.1 Å². The topological polar surface area (TPSA) is 57.9 Å². The maximum absolute atomic E-state index is 8.65. The largest absolute Gasteiger partial charge is 0.497 e. The van der Waals surface area contributed by atoms with Gasteiger partial charge in [-0.15, -0.1) is 0 Å². The number of nitriles is 1. The zero-order valence-corrected chi connectivity index (χ0v) is 10.1. The second-order valence-electron chi connectivity index (χ2n) is 3.75. The van der Waals surface area contributed by atoms with Crippen molar-refractivity contribution in [3.63, 3.8) is 0 Å². The van der Waals surface area contributed by atoms with Gasteiger partial charge in [0.25, 0.3) is 0 Å². The predicted octanol–water partition coefficient (Wildman–Crippen LogP) is 2.57. The van der Waals surface area contributed by atoms with Crippen molar-refractivity contribution in [1.29, 1.82) is 5.26 Å². The molecule has 1 heterocycles. The second kappa shape index (κ2) is 5.69. The molecule has 1 aromatic carbocycles. The molecule has 18 heavy (non-hydrogen) atoms. The van der Waals surface area contributed by atoms with Crippen LogP contribution in [0.3, 0.4) is 0 Å². The van der Waals surface area contributed by atoms with Crippen LogP contribution >= 0.6 is 0 Å². The lowest BCUT2D eigenvalue weighted by molar-refractivity contribution is 0.414. The number of hydrogen-bond acceptors (Lipinski definition) is 4. The maximum atomic E-state index is 8.65. The molecular weight excluding hydrogens is 226 g/mol. The van der Waals surface area contributed by atoms with E-state index < -0.39 is 0 Å². The molecule has 2 aromatic rings. The van der Waals surface area contributed by atoms with Gasteiger partial charge in [0, 0.05) is 6.54 Å². The molecule has 0 saturated carbocycles. The normalized spacial score (nSPS) is 9.56. The van der Waals surface area contributed by atoms with E-state index in [-0.39, 0.29) is 0 Å². The molecule has 0 aliphatic heterocycles. The molecule has 4 nitrogen and oxygen atoms in total. The van der Waals surface area contributed by atoms with Crippen molar-refractivity contribution in [3.05, 3.63) is 53.9 Å². The van der Waals surface area contributed by atoms with Crippen molar-refractivity contribution in [2.24, 2.45) is 0 Å². The van der Waals surface area contributed by atoms with Crippen molar-refractivity contribution in [3.8, 4) is 11.8 Å². The van der Waals surface area contributed by atoms with E-state index in [2.05, 4.69) is 10.3 Å². The van der Waals surface area contributed by atoms with E-state index in [4.69, 9.17) is 10.00 Å². The molecule has 0 aliphatic carbocycles. The van der Waals surface area contributed by atoms with Crippen LogP contribution in [0.5, 0.6) is 5.75 Å². The first-order valence-electron chi connectivity index (χ1n) is 5.55. The Morgan fingerprint density at radius 1 is 1.33 bits per heavy atom. The van der Waals surface area contributed by atoms with Crippen molar-refractivity contribution < 1.29 is 4.74 Å². The number of nitrogens with zero attached hydrogens (tertiary/aromatic N) is 2. The molecule has 0 fully saturated rings. The third kappa shape index (κ3) is 2.98. The lowest BCUT2D eigenvalue weighted by Gasteiger charge is -2.07. The Hall–Kier alpha value is -2.54. The summed E-state index contributed by atoms with van der Waals surface area (Å²) in [5.41, 5.74) is 2.43. The predicted molar refractivity (Wildman–Crippen MR) is 69.3 cm³/mol. The quantitative estimate of drug-likeness (QED) is 0.890. The molecule has 1 N–H and O–H groups in total. The molecule has 0 radical (unpaired) electrons. The number of ether oxygens (including phenoxy) is 1. The molecule has 0 unspecified atom stereocenters. The lowest BCUT2D eigenvalue weighted by Crippen LogP contribution is -2.00. The summed E-state index contributed by atoms with van der Waals surface area (Å²) >= 11 is 0. The van der Waals surface area contributed by atoms with Gasteiger partial charge in [-0.2, -0.15) is 5.26 Å². The Morgan fingerprint density at radius 3 is 2.89 bits per heavy atom. The van der Waals surface area contributed by atoms with Gasteiger partial charge in [0.1, 0.15) is 17.5 Å². The van der Waals surface area contributed by atoms with Crippen LogP contribution in [-0.2, 0) is 6.54 Å². The number of aromatic nitrogens is 1. The van der Waals surface area contributed by atoms with E-state index in [0.29, 0.717) is 12.2 Å².